The van der Waals surface area contributed by atoms with Crippen molar-refractivity contribution in [3.05, 3.63) is 0 Å². The molecule has 0 aromatic heterocycles. The summed E-state index contributed by atoms with van der Waals surface area (Å²) in [5, 5.41) is 22.7. The summed E-state index contributed by atoms with van der Waals surface area (Å²) in [7, 11) is -8.81. The van der Waals surface area contributed by atoms with Crippen LogP contribution in [0.5, 0.6) is 0 Å². The summed E-state index contributed by atoms with van der Waals surface area (Å²) < 4.78 is 22.0. The van der Waals surface area contributed by atoms with Crippen LogP contribution in [0, 0.1) is 0 Å². The van der Waals surface area contributed by atoms with Crippen LogP contribution in [0.2, 0.25) is 0 Å². The summed E-state index contributed by atoms with van der Waals surface area (Å²) in [5.74, 6) is 0. The summed E-state index contributed by atoms with van der Waals surface area (Å²) in [6, 6.07) is 0. The van der Waals surface area contributed by atoms with Gasteiger partial charge in [-0.3, -0.25) is 9.13 Å². The van der Waals surface area contributed by atoms with Crippen LogP contribution < -0.4 is 0 Å². The van der Waals surface area contributed by atoms with Crippen LogP contribution in [-0.4, -0.2) is 100 Å². The molecule has 0 saturated heterocycles. The van der Waals surface area contributed by atoms with Crippen molar-refractivity contribution in [1.82, 2.24) is 0 Å². The molecule has 0 aliphatic heterocycles. The van der Waals surface area contributed by atoms with Crippen molar-refractivity contribution in [2.24, 2.45) is 10.3 Å². The van der Waals surface area contributed by atoms with E-state index < -0.39 is 26.1 Å². The van der Waals surface area contributed by atoms with Gasteiger partial charge in [0.15, 0.2) is 10.9 Å². The third-order valence-electron chi connectivity index (χ3n) is 6.45. The van der Waals surface area contributed by atoms with Gasteiger partial charge < -0.3 is 30.0 Å². The molecule has 0 bridgehead atoms. The van der Waals surface area contributed by atoms with Gasteiger partial charge in [0.25, 0.3) is 0 Å². The zero-order valence-electron chi connectivity index (χ0n) is 21.8. The first kappa shape index (κ1) is 43.7. The molecular formula is C24H52N2Na2O8P2. The van der Waals surface area contributed by atoms with Crippen molar-refractivity contribution in [3.63, 3.8) is 0 Å². The van der Waals surface area contributed by atoms with Crippen LogP contribution in [0.3, 0.4) is 0 Å². The Morgan fingerprint density at radius 3 is 0.684 bits per heavy atom. The molecule has 0 radical (unpaired) electrons. The number of hydrogen-bond acceptors (Lipinski definition) is 6. The molecule has 6 N–H and O–H groups in total. The number of unbranched alkanes of at least 4 members (excludes halogenated alkanes) is 19. The van der Waals surface area contributed by atoms with Gasteiger partial charge in [0.2, 0.25) is 0 Å². The monoisotopic (exact) mass is 604 g/mol. The first-order chi connectivity index (χ1) is 17.1. The number of rotatable bonds is 25. The summed E-state index contributed by atoms with van der Waals surface area (Å²) in [6.45, 7) is 0. The van der Waals surface area contributed by atoms with Crippen LogP contribution in [0.4, 0.5) is 0 Å². The first-order valence-electron chi connectivity index (χ1n) is 13.7. The van der Waals surface area contributed by atoms with Gasteiger partial charge in [-0.2, -0.15) is 0 Å². The standard InChI is InChI=1S/C24H50N2O8P2.2Na.2H/c27-25-23(35(29,30)31)21-19-17-15-13-11-9-7-5-3-1-2-4-6-8-10-12-14-16-18-20-22-24(26-28)36(32,33)34;;;;/h27-28H,1-22H2,(H2,29,30,31)(H2,32,33,34);;;;/b25-23-,26-24-;;;;. The van der Waals surface area contributed by atoms with E-state index in [9.17, 15) is 9.13 Å². The number of nitrogens with zero attached hydrogens (tertiary/aromatic N) is 2. The number of hydrogen-bond donors (Lipinski definition) is 6. The van der Waals surface area contributed by atoms with E-state index >= 15 is 0 Å². The van der Waals surface area contributed by atoms with Crippen LogP contribution in [-0.2, 0) is 9.13 Å². The van der Waals surface area contributed by atoms with Crippen molar-refractivity contribution in [3.8, 4) is 0 Å². The fourth-order valence-electron chi connectivity index (χ4n) is 4.26. The first-order valence-corrected chi connectivity index (χ1v) is 16.9. The van der Waals surface area contributed by atoms with Gasteiger partial charge in [-0.15, -0.1) is 0 Å². The second kappa shape index (κ2) is 28.4. The molecule has 0 saturated carbocycles. The SMILES string of the molecule is O=P(O)(O)/C(CCCCCCCCCCCCCCCCCCCCCC/C(=N/O)P(=O)(O)O)=N\O.[NaH].[NaH]. The molecule has 0 aliphatic rings. The minimum absolute atomic E-state index is 0. The van der Waals surface area contributed by atoms with E-state index in [0.717, 1.165) is 38.5 Å². The summed E-state index contributed by atoms with van der Waals surface area (Å²) in [4.78, 5) is 35.9. The van der Waals surface area contributed by atoms with E-state index in [4.69, 9.17) is 30.0 Å². The minimum atomic E-state index is -4.40. The Labute approximate surface area is 273 Å². The molecule has 14 heteroatoms. The van der Waals surface area contributed by atoms with Gasteiger partial charge >= 0.3 is 74.3 Å². The quantitative estimate of drug-likeness (QED) is 0.0178. The molecule has 0 aliphatic carbocycles. The molecule has 0 aromatic carbocycles. The Kier molecular flexibility index (Phi) is 32.6. The summed E-state index contributed by atoms with van der Waals surface area (Å²) >= 11 is 0. The van der Waals surface area contributed by atoms with Crippen LogP contribution in [0.15, 0.2) is 10.3 Å². The van der Waals surface area contributed by atoms with Crippen LogP contribution in [0.25, 0.3) is 0 Å². The zero-order chi connectivity index (χ0) is 27.1. The van der Waals surface area contributed by atoms with Crippen LogP contribution >= 0.6 is 15.2 Å². The molecule has 218 valence electrons. The third kappa shape index (κ3) is 27.4. The van der Waals surface area contributed by atoms with E-state index in [-0.39, 0.29) is 72.0 Å². The molecule has 10 nitrogen and oxygen atoms in total. The second-order valence-corrected chi connectivity index (χ2v) is 12.9. The van der Waals surface area contributed by atoms with Crippen molar-refractivity contribution >= 4 is 85.2 Å². The van der Waals surface area contributed by atoms with E-state index in [0.29, 0.717) is 12.8 Å². The molecule has 38 heavy (non-hydrogen) atoms. The van der Waals surface area contributed by atoms with E-state index in [2.05, 4.69) is 10.3 Å². The average Bonchev–Trinajstić information content (AvgIpc) is 2.80. The van der Waals surface area contributed by atoms with E-state index in [1.165, 1.54) is 77.0 Å². The third-order valence-corrected chi connectivity index (χ3v) is 8.43. The van der Waals surface area contributed by atoms with Crippen molar-refractivity contribution in [2.45, 2.75) is 141 Å². The number of oxime groups is 2. The van der Waals surface area contributed by atoms with Gasteiger partial charge in [0.05, 0.1) is 0 Å². The predicted octanol–water partition coefficient (Wildman–Crippen LogP) is 6.20. The normalized spacial score (nSPS) is 12.7. The van der Waals surface area contributed by atoms with Crippen molar-refractivity contribution in [2.75, 3.05) is 0 Å². The Bertz CT molecular complexity index is 645. The fraction of sp³-hybridized carbons (Fsp3) is 0.917. The van der Waals surface area contributed by atoms with Crippen molar-refractivity contribution in [1.29, 1.82) is 0 Å². The molecule has 0 aromatic rings. The predicted molar refractivity (Wildman–Crippen MR) is 158 cm³/mol. The molecule has 0 atom stereocenters. The van der Waals surface area contributed by atoms with E-state index in [1.54, 1.807) is 0 Å². The van der Waals surface area contributed by atoms with Gasteiger partial charge in [-0.1, -0.05) is 126 Å². The van der Waals surface area contributed by atoms with E-state index in [1.807, 2.05) is 0 Å². The summed E-state index contributed by atoms with van der Waals surface area (Å²) in [6.07, 6.45) is 22.9. The zero-order valence-corrected chi connectivity index (χ0v) is 23.6. The van der Waals surface area contributed by atoms with Crippen LogP contribution in [0.1, 0.15) is 141 Å². The molecule has 0 unspecified atom stereocenters. The second-order valence-electron chi connectivity index (χ2n) is 9.69. The summed E-state index contributed by atoms with van der Waals surface area (Å²) in [5.41, 5.74) is -0.832. The average molecular weight is 605 g/mol. The van der Waals surface area contributed by atoms with Crippen molar-refractivity contribution < 1.29 is 39.1 Å². The molecule has 0 heterocycles. The Morgan fingerprint density at radius 1 is 0.395 bits per heavy atom. The Morgan fingerprint density at radius 2 is 0.553 bits per heavy atom. The molecule has 0 spiro atoms. The Hall–Kier alpha value is 1.24. The van der Waals surface area contributed by atoms with Gasteiger partial charge in [0, 0.05) is 12.8 Å². The molecular weight excluding hydrogens is 552 g/mol. The van der Waals surface area contributed by atoms with Gasteiger partial charge in [0.1, 0.15) is 0 Å². The van der Waals surface area contributed by atoms with Gasteiger partial charge in [-0.05, 0) is 12.8 Å². The maximum absolute atomic E-state index is 11.0. The maximum atomic E-state index is 11.0. The molecule has 0 fully saturated rings. The van der Waals surface area contributed by atoms with Gasteiger partial charge in [-0.25, -0.2) is 0 Å². The molecule has 0 rings (SSSR count). The molecule has 0 amide bonds. The topological polar surface area (TPSA) is 180 Å². The fourth-order valence-corrected chi connectivity index (χ4v) is 5.39. The Balaban J connectivity index is -0.00000612.